The Hall–Kier alpha value is -0.830. The van der Waals surface area contributed by atoms with Crippen LogP contribution in [0.2, 0.25) is 0 Å². The van der Waals surface area contributed by atoms with Crippen molar-refractivity contribution >= 4 is 5.97 Å². The molecule has 1 aliphatic carbocycles. The van der Waals surface area contributed by atoms with Gasteiger partial charge in [-0.05, 0) is 58.0 Å². The van der Waals surface area contributed by atoms with Crippen LogP contribution in [0.1, 0.15) is 45.4 Å². The van der Waals surface area contributed by atoms with Gasteiger partial charge >= 0.3 is 5.97 Å². The lowest BCUT2D eigenvalue weighted by Crippen LogP contribution is -2.52. The molecule has 0 radical (unpaired) electrons. The summed E-state index contributed by atoms with van der Waals surface area (Å²) in [7, 11) is 2.16. The molecule has 102 valence electrons. The molecule has 3 heteroatoms. The minimum Gasteiger partial charge on any atom is -0.466 e. The Morgan fingerprint density at radius 2 is 2.28 bits per heavy atom. The minimum absolute atomic E-state index is 0.0369. The highest BCUT2D eigenvalue weighted by molar-refractivity contribution is 5.70. The van der Waals surface area contributed by atoms with Gasteiger partial charge in [-0.2, -0.15) is 0 Å². The summed E-state index contributed by atoms with van der Waals surface area (Å²) in [4.78, 5) is 14.2. The molecule has 2 unspecified atom stereocenters. The number of esters is 1. The maximum atomic E-state index is 11.8. The summed E-state index contributed by atoms with van der Waals surface area (Å²) in [5.41, 5.74) is 0.314. The number of ether oxygens (including phenoxy) is 1. The first-order valence-electron chi connectivity index (χ1n) is 7.19. The third-order valence-electron chi connectivity index (χ3n) is 4.59. The zero-order valence-corrected chi connectivity index (χ0v) is 11.7. The van der Waals surface area contributed by atoms with Crippen molar-refractivity contribution in [2.24, 2.45) is 5.41 Å². The van der Waals surface area contributed by atoms with Crippen LogP contribution >= 0.6 is 0 Å². The van der Waals surface area contributed by atoms with Crippen molar-refractivity contribution < 1.29 is 9.53 Å². The lowest BCUT2D eigenvalue weighted by atomic mass is 9.65. The van der Waals surface area contributed by atoms with Gasteiger partial charge in [-0.25, -0.2) is 0 Å². The summed E-state index contributed by atoms with van der Waals surface area (Å²) in [6, 6.07) is 0.357. The molecule has 0 bridgehead atoms. The molecule has 0 amide bonds. The predicted molar refractivity (Wildman–Crippen MR) is 72.3 cm³/mol. The first-order valence-corrected chi connectivity index (χ1v) is 7.19. The van der Waals surface area contributed by atoms with Gasteiger partial charge in [0.05, 0.1) is 13.0 Å². The van der Waals surface area contributed by atoms with E-state index in [1.165, 1.54) is 19.3 Å². The molecule has 1 heterocycles. The molecule has 18 heavy (non-hydrogen) atoms. The summed E-state index contributed by atoms with van der Waals surface area (Å²) in [6.45, 7) is 3.47. The monoisotopic (exact) mass is 251 g/mol. The van der Waals surface area contributed by atoms with E-state index >= 15 is 0 Å². The van der Waals surface area contributed by atoms with Gasteiger partial charge in [0.1, 0.15) is 0 Å². The fourth-order valence-corrected chi connectivity index (χ4v) is 3.66. The topological polar surface area (TPSA) is 29.5 Å². The predicted octanol–water partition coefficient (Wildman–Crippen LogP) is 2.76. The van der Waals surface area contributed by atoms with Crippen molar-refractivity contribution in [1.82, 2.24) is 4.90 Å². The van der Waals surface area contributed by atoms with Crippen LogP contribution in [0.25, 0.3) is 0 Å². The van der Waals surface area contributed by atoms with E-state index in [2.05, 4.69) is 24.1 Å². The van der Waals surface area contributed by atoms with E-state index in [1.54, 1.807) is 0 Å². The maximum Gasteiger partial charge on any atom is 0.307 e. The Bertz CT molecular complexity index is 326. The molecular formula is C15H25NO2. The van der Waals surface area contributed by atoms with E-state index in [-0.39, 0.29) is 5.97 Å². The Kier molecular flexibility index (Phi) is 4.44. The number of rotatable bonds is 3. The van der Waals surface area contributed by atoms with Crippen molar-refractivity contribution in [3.63, 3.8) is 0 Å². The third-order valence-corrected chi connectivity index (χ3v) is 4.59. The van der Waals surface area contributed by atoms with Crippen LogP contribution < -0.4 is 0 Å². The normalized spacial score (nSPS) is 32.7. The number of hydrogen-bond donors (Lipinski definition) is 0. The van der Waals surface area contributed by atoms with E-state index in [9.17, 15) is 4.79 Å². The van der Waals surface area contributed by atoms with Crippen molar-refractivity contribution in [1.29, 1.82) is 0 Å². The number of nitrogens with zero attached hydrogens (tertiary/aromatic N) is 1. The highest BCUT2D eigenvalue weighted by Gasteiger charge is 2.43. The number of piperidine rings is 1. The summed E-state index contributed by atoms with van der Waals surface area (Å²) in [6.07, 6.45) is 11.2. The minimum atomic E-state index is -0.0369. The summed E-state index contributed by atoms with van der Waals surface area (Å²) >= 11 is 0. The number of hydrogen-bond acceptors (Lipinski definition) is 3. The van der Waals surface area contributed by atoms with E-state index in [1.807, 2.05) is 6.92 Å². The van der Waals surface area contributed by atoms with Crippen LogP contribution in [0.5, 0.6) is 0 Å². The molecule has 0 aromatic rings. The van der Waals surface area contributed by atoms with E-state index in [0.717, 1.165) is 19.4 Å². The molecule has 1 spiro atoms. The molecular weight excluding hydrogens is 226 g/mol. The Labute approximate surface area is 110 Å². The first-order chi connectivity index (χ1) is 8.68. The summed E-state index contributed by atoms with van der Waals surface area (Å²) in [5, 5.41) is 0. The molecule has 2 atom stereocenters. The van der Waals surface area contributed by atoms with Crippen LogP contribution in [-0.2, 0) is 9.53 Å². The lowest BCUT2D eigenvalue weighted by Gasteiger charge is -2.49. The van der Waals surface area contributed by atoms with Crippen molar-refractivity contribution in [3.05, 3.63) is 12.2 Å². The van der Waals surface area contributed by atoms with Gasteiger partial charge in [-0.3, -0.25) is 4.79 Å². The molecule has 0 aromatic carbocycles. The zero-order valence-electron chi connectivity index (χ0n) is 11.7. The van der Waals surface area contributed by atoms with Crippen molar-refractivity contribution in [2.75, 3.05) is 20.2 Å². The Morgan fingerprint density at radius 3 is 2.94 bits per heavy atom. The maximum absolute atomic E-state index is 11.8. The van der Waals surface area contributed by atoms with Crippen molar-refractivity contribution in [2.45, 2.75) is 51.5 Å². The highest BCUT2D eigenvalue weighted by Crippen LogP contribution is 2.46. The molecule has 2 aliphatic rings. The van der Waals surface area contributed by atoms with Gasteiger partial charge < -0.3 is 9.64 Å². The van der Waals surface area contributed by atoms with Crippen LogP contribution in [0, 0.1) is 5.41 Å². The second kappa shape index (κ2) is 5.87. The molecule has 0 aromatic heterocycles. The van der Waals surface area contributed by atoms with Gasteiger partial charge in [-0.15, -0.1) is 0 Å². The molecule has 2 rings (SSSR count). The Balaban J connectivity index is 2.10. The molecule has 0 N–H and O–H groups in total. The molecule has 3 nitrogen and oxygen atoms in total. The van der Waals surface area contributed by atoms with Gasteiger partial charge in [0.15, 0.2) is 0 Å². The average molecular weight is 251 g/mol. The quantitative estimate of drug-likeness (QED) is 0.570. The largest absolute Gasteiger partial charge is 0.466 e. The summed E-state index contributed by atoms with van der Waals surface area (Å²) < 4.78 is 5.14. The summed E-state index contributed by atoms with van der Waals surface area (Å²) in [5.74, 6) is -0.0369. The van der Waals surface area contributed by atoms with Crippen LogP contribution in [0.3, 0.4) is 0 Å². The fraction of sp³-hybridized carbons (Fsp3) is 0.800. The van der Waals surface area contributed by atoms with Gasteiger partial charge in [-0.1, -0.05) is 12.2 Å². The SMILES string of the molecule is CCOC(=O)CC1N(C)CCCC12CC=CCC2. The zero-order chi connectivity index (χ0) is 13.0. The molecule has 1 saturated heterocycles. The van der Waals surface area contributed by atoms with E-state index in [4.69, 9.17) is 4.74 Å². The fourth-order valence-electron chi connectivity index (χ4n) is 3.66. The number of carbonyl (C=O) groups is 1. The third kappa shape index (κ3) is 2.77. The van der Waals surface area contributed by atoms with Crippen LogP contribution in [-0.4, -0.2) is 37.1 Å². The number of carbonyl (C=O) groups excluding carboxylic acids is 1. The lowest BCUT2D eigenvalue weighted by molar-refractivity contribution is -0.146. The highest BCUT2D eigenvalue weighted by atomic mass is 16.5. The van der Waals surface area contributed by atoms with Crippen LogP contribution in [0.4, 0.5) is 0 Å². The number of likely N-dealkylation sites (tertiary alicyclic amines) is 1. The van der Waals surface area contributed by atoms with Gasteiger partial charge in [0, 0.05) is 6.04 Å². The molecule has 0 saturated carbocycles. The van der Waals surface area contributed by atoms with Crippen LogP contribution in [0.15, 0.2) is 12.2 Å². The second-order valence-electron chi connectivity index (χ2n) is 5.69. The smallest absolute Gasteiger partial charge is 0.307 e. The van der Waals surface area contributed by atoms with Crippen molar-refractivity contribution in [3.8, 4) is 0 Å². The second-order valence-corrected chi connectivity index (χ2v) is 5.69. The van der Waals surface area contributed by atoms with Gasteiger partial charge in [0.2, 0.25) is 0 Å². The molecule has 1 fully saturated rings. The van der Waals surface area contributed by atoms with Gasteiger partial charge in [0.25, 0.3) is 0 Å². The standard InChI is InChI=1S/C15H25NO2/c1-3-18-14(17)12-13-15(8-5-4-6-9-15)10-7-11-16(13)2/h4-5,13H,3,6-12H2,1-2H3. The van der Waals surface area contributed by atoms with E-state index < -0.39 is 0 Å². The van der Waals surface area contributed by atoms with E-state index in [0.29, 0.717) is 24.5 Å². The molecule has 1 aliphatic heterocycles. The first kappa shape index (κ1) is 13.6. The Morgan fingerprint density at radius 1 is 1.44 bits per heavy atom. The average Bonchev–Trinajstić information content (AvgIpc) is 2.36. The number of allylic oxidation sites excluding steroid dienone is 2.